The lowest BCUT2D eigenvalue weighted by atomic mass is 9.96. The first-order chi connectivity index (χ1) is 8.52. The number of aromatic amines is 1. The molecule has 1 saturated heterocycles. The number of nitrogens with zero attached hydrogens (tertiary/aromatic N) is 1. The second kappa shape index (κ2) is 3.99. The van der Waals surface area contributed by atoms with E-state index < -0.39 is 0 Å². The first-order valence-corrected chi connectivity index (χ1v) is 6.37. The van der Waals surface area contributed by atoms with E-state index in [0.29, 0.717) is 6.04 Å². The van der Waals surface area contributed by atoms with Crippen molar-refractivity contribution < 1.29 is 4.74 Å². The van der Waals surface area contributed by atoms with Crippen LogP contribution in [0.15, 0.2) is 18.2 Å². The summed E-state index contributed by atoms with van der Waals surface area (Å²) in [5.74, 6) is 1.03. The van der Waals surface area contributed by atoms with Gasteiger partial charge in [-0.1, -0.05) is 20.8 Å². The third-order valence-corrected chi connectivity index (χ3v) is 3.20. The quantitative estimate of drug-likeness (QED) is 0.855. The third-order valence-electron chi connectivity index (χ3n) is 3.20. The first kappa shape index (κ1) is 11.5. The van der Waals surface area contributed by atoms with E-state index >= 15 is 0 Å². The fourth-order valence-corrected chi connectivity index (χ4v) is 2.01. The number of H-pyrrole nitrogens is 1. The van der Waals surface area contributed by atoms with Gasteiger partial charge in [-0.25, -0.2) is 4.98 Å². The summed E-state index contributed by atoms with van der Waals surface area (Å²) in [5, 5.41) is 3.45. The molecule has 0 unspecified atom stereocenters. The number of anilines is 1. The first-order valence-electron chi connectivity index (χ1n) is 6.37. The summed E-state index contributed by atoms with van der Waals surface area (Å²) in [6, 6.07) is 6.71. The highest BCUT2D eigenvalue weighted by molar-refractivity contribution is 5.79. The molecule has 0 amide bonds. The van der Waals surface area contributed by atoms with Crippen molar-refractivity contribution in [3.63, 3.8) is 0 Å². The Kier molecular flexibility index (Phi) is 2.55. The summed E-state index contributed by atoms with van der Waals surface area (Å²) in [5.41, 5.74) is 3.29. The van der Waals surface area contributed by atoms with E-state index in [2.05, 4.69) is 54.3 Å². The predicted molar refractivity (Wildman–Crippen MR) is 73.0 cm³/mol. The Hall–Kier alpha value is -1.55. The molecule has 18 heavy (non-hydrogen) atoms. The van der Waals surface area contributed by atoms with Crippen molar-refractivity contribution in [3.8, 4) is 0 Å². The molecule has 0 spiro atoms. The summed E-state index contributed by atoms with van der Waals surface area (Å²) in [4.78, 5) is 8.03. The number of ether oxygens (including phenoxy) is 1. The molecule has 2 N–H and O–H groups in total. The maximum Gasteiger partial charge on any atom is 0.112 e. The van der Waals surface area contributed by atoms with Gasteiger partial charge in [-0.2, -0.15) is 0 Å². The molecule has 4 heteroatoms. The standard InChI is InChI=1S/C14H19N3O/c1-14(2,3)13-16-11-5-4-9(6-12(11)17-13)15-10-7-18-8-10/h4-6,10,15H,7-8H2,1-3H3,(H,16,17). The molecule has 0 atom stereocenters. The number of fused-ring (bicyclic) bond motifs is 1. The lowest BCUT2D eigenvalue weighted by Gasteiger charge is -2.27. The molecule has 4 nitrogen and oxygen atoms in total. The normalized spacial score (nSPS) is 16.8. The molecule has 1 aromatic carbocycles. The van der Waals surface area contributed by atoms with Crippen LogP contribution in [0.25, 0.3) is 11.0 Å². The van der Waals surface area contributed by atoms with Crippen LogP contribution < -0.4 is 5.32 Å². The molecule has 1 aliphatic rings. The van der Waals surface area contributed by atoms with Gasteiger partial charge in [-0.15, -0.1) is 0 Å². The largest absolute Gasteiger partial charge is 0.378 e. The van der Waals surface area contributed by atoms with Gasteiger partial charge in [0.1, 0.15) is 5.82 Å². The molecule has 0 radical (unpaired) electrons. The molecule has 1 fully saturated rings. The van der Waals surface area contributed by atoms with E-state index in [9.17, 15) is 0 Å². The fourth-order valence-electron chi connectivity index (χ4n) is 2.01. The summed E-state index contributed by atoms with van der Waals surface area (Å²) >= 11 is 0. The van der Waals surface area contributed by atoms with Crippen molar-refractivity contribution in [3.05, 3.63) is 24.0 Å². The summed E-state index contributed by atoms with van der Waals surface area (Å²) in [6.45, 7) is 8.09. The lowest BCUT2D eigenvalue weighted by molar-refractivity contribution is 0.0211. The highest BCUT2D eigenvalue weighted by Crippen LogP contribution is 2.24. The summed E-state index contributed by atoms with van der Waals surface area (Å²) in [6.07, 6.45) is 0. The highest BCUT2D eigenvalue weighted by atomic mass is 16.5. The third kappa shape index (κ3) is 2.08. The molecular formula is C14H19N3O. The van der Waals surface area contributed by atoms with Crippen molar-refractivity contribution in [2.24, 2.45) is 0 Å². The number of imidazole rings is 1. The number of nitrogens with one attached hydrogen (secondary N) is 2. The molecule has 1 aliphatic heterocycles. The number of rotatable bonds is 2. The van der Waals surface area contributed by atoms with E-state index in [1.165, 1.54) is 0 Å². The van der Waals surface area contributed by atoms with Gasteiger partial charge < -0.3 is 15.0 Å². The van der Waals surface area contributed by atoms with Gasteiger partial charge in [-0.05, 0) is 18.2 Å². The van der Waals surface area contributed by atoms with E-state index in [1.54, 1.807) is 0 Å². The minimum Gasteiger partial charge on any atom is -0.378 e. The van der Waals surface area contributed by atoms with Gasteiger partial charge in [0.25, 0.3) is 0 Å². The predicted octanol–water partition coefficient (Wildman–Crippen LogP) is 2.67. The average Bonchev–Trinajstić information content (AvgIpc) is 2.66. The number of aromatic nitrogens is 2. The maximum absolute atomic E-state index is 5.16. The van der Waals surface area contributed by atoms with Crippen LogP contribution in [0.1, 0.15) is 26.6 Å². The van der Waals surface area contributed by atoms with Crippen LogP contribution in [-0.4, -0.2) is 29.2 Å². The summed E-state index contributed by atoms with van der Waals surface area (Å²) < 4.78 is 5.16. The van der Waals surface area contributed by atoms with Gasteiger partial charge in [0.2, 0.25) is 0 Å². The molecule has 2 heterocycles. The Morgan fingerprint density at radius 1 is 1.33 bits per heavy atom. The van der Waals surface area contributed by atoms with Crippen molar-refractivity contribution in [1.29, 1.82) is 0 Å². The Balaban J connectivity index is 1.91. The van der Waals surface area contributed by atoms with Crippen LogP contribution in [0.3, 0.4) is 0 Å². The monoisotopic (exact) mass is 245 g/mol. The van der Waals surface area contributed by atoms with E-state index in [4.69, 9.17) is 4.74 Å². The van der Waals surface area contributed by atoms with Crippen LogP contribution in [-0.2, 0) is 10.2 Å². The van der Waals surface area contributed by atoms with Gasteiger partial charge in [0, 0.05) is 11.1 Å². The van der Waals surface area contributed by atoms with Crippen molar-refractivity contribution >= 4 is 16.7 Å². The highest BCUT2D eigenvalue weighted by Gasteiger charge is 2.20. The SMILES string of the molecule is CC(C)(C)c1nc2ccc(NC3COC3)cc2[nH]1. The fraction of sp³-hybridized carbons (Fsp3) is 0.500. The Labute approximate surface area is 107 Å². The zero-order valence-electron chi connectivity index (χ0n) is 11.1. The number of benzene rings is 1. The lowest BCUT2D eigenvalue weighted by Crippen LogP contribution is -2.40. The zero-order chi connectivity index (χ0) is 12.8. The topological polar surface area (TPSA) is 49.9 Å². The molecule has 0 aliphatic carbocycles. The van der Waals surface area contributed by atoms with E-state index in [0.717, 1.165) is 35.8 Å². The zero-order valence-corrected chi connectivity index (χ0v) is 11.1. The second-order valence-electron chi connectivity index (χ2n) is 5.95. The molecule has 0 saturated carbocycles. The van der Waals surface area contributed by atoms with Crippen LogP contribution in [0.2, 0.25) is 0 Å². The summed E-state index contributed by atoms with van der Waals surface area (Å²) in [7, 11) is 0. The molecule has 1 aromatic heterocycles. The molecule has 96 valence electrons. The molecule has 2 aromatic rings. The van der Waals surface area contributed by atoms with Crippen LogP contribution in [0.4, 0.5) is 5.69 Å². The smallest absolute Gasteiger partial charge is 0.112 e. The second-order valence-corrected chi connectivity index (χ2v) is 5.95. The molecule has 0 bridgehead atoms. The van der Waals surface area contributed by atoms with Crippen molar-refractivity contribution in [2.75, 3.05) is 18.5 Å². The number of hydrogen-bond acceptors (Lipinski definition) is 3. The number of hydrogen-bond donors (Lipinski definition) is 2. The van der Waals surface area contributed by atoms with Gasteiger partial charge in [0.05, 0.1) is 30.3 Å². The average molecular weight is 245 g/mol. The Morgan fingerprint density at radius 2 is 2.11 bits per heavy atom. The Bertz CT molecular complexity index is 564. The van der Waals surface area contributed by atoms with Crippen molar-refractivity contribution in [2.45, 2.75) is 32.2 Å². The Morgan fingerprint density at radius 3 is 2.72 bits per heavy atom. The minimum atomic E-state index is 0.0500. The molecule has 3 rings (SSSR count). The van der Waals surface area contributed by atoms with E-state index in [-0.39, 0.29) is 5.41 Å². The van der Waals surface area contributed by atoms with Crippen LogP contribution in [0.5, 0.6) is 0 Å². The van der Waals surface area contributed by atoms with Gasteiger partial charge >= 0.3 is 0 Å². The van der Waals surface area contributed by atoms with Crippen LogP contribution in [0, 0.1) is 0 Å². The maximum atomic E-state index is 5.16. The van der Waals surface area contributed by atoms with E-state index in [1.807, 2.05) is 0 Å². The van der Waals surface area contributed by atoms with Gasteiger partial charge in [-0.3, -0.25) is 0 Å². The van der Waals surface area contributed by atoms with Crippen LogP contribution >= 0.6 is 0 Å². The van der Waals surface area contributed by atoms with Gasteiger partial charge in [0.15, 0.2) is 0 Å². The minimum absolute atomic E-state index is 0.0500. The molecular weight excluding hydrogens is 226 g/mol. The van der Waals surface area contributed by atoms with Crippen molar-refractivity contribution in [1.82, 2.24) is 9.97 Å².